The summed E-state index contributed by atoms with van der Waals surface area (Å²) in [6, 6.07) is -0.222. The molecule has 1 atom stereocenters. The van der Waals surface area contributed by atoms with E-state index >= 15 is 0 Å². The fourth-order valence-corrected chi connectivity index (χ4v) is 1.75. The van der Waals surface area contributed by atoms with Gasteiger partial charge in [-0.3, -0.25) is 9.59 Å². The first-order valence-electron chi connectivity index (χ1n) is 5.29. The van der Waals surface area contributed by atoms with Gasteiger partial charge in [-0.05, 0) is 13.8 Å². The summed E-state index contributed by atoms with van der Waals surface area (Å²) in [4.78, 5) is 24.1. The molecule has 1 rings (SSSR count). The first-order chi connectivity index (χ1) is 7.06. The number of carbonyl (C=O) groups excluding carboxylic acids is 1. The molecular weight excluding hydrogens is 196 g/mol. The maximum atomic E-state index is 11.9. The van der Waals surface area contributed by atoms with E-state index in [0.717, 1.165) is 13.1 Å². The van der Waals surface area contributed by atoms with E-state index in [2.05, 4.69) is 5.32 Å². The topological polar surface area (TPSA) is 69.6 Å². The van der Waals surface area contributed by atoms with Crippen molar-refractivity contribution >= 4 is 11.9 Å². The van der Waals surface area contributed by atoms with Crippen molar-refractivity contribution in [3.05, 3.63) is 0 Å². The Morgan fingerprint density at radius 3 is 2.47 bits per heavy atom. The Hall–Kier alpha value is -1.10. The number of hydrogen-bond acceptors (Lipinski definition) is 3. The Bertz CT molecular complexity index is 251. The zero-order valence-corrected chi connectivity index (χ0v) is 9.19. The van der Waals surface area contributed by atoms with Crippen LogP contribution in [0.3, 0.4) is 0 Å². The van der Waals surface area contributed by atoms with Gasteiger partial charge < -0.3 is 15.3 Å². The molecule has 0 spiro atoms. The van der Waals surface area contributed by atoms with Crippen LogP contribution in [0.4, 0.5) is 0 Å². The Labute approximate surface area is 89.4 Å². The van der Waals surface area contributed by atoms with Crippen molar-refractivity contribution in [2.75, 3.05) is 19.6 Å². The van der Waals surface area contributed by atoms with Gasteiger partial charge in [0.1, 0.15) is 0 Å². The second kappa shape index (κ2) is 5.11. The van der Waals surface area contributed by atoms with E-state index in [-0.39, 0.29) is 24.3 Å². The summed E-state index contributed by atoms with van der Waals surface area (Å²) < 4.78 is 0. The Balaban J connectivity index is 2.52. The normalized spacial score (nSPS) is 18.0. The molecule has 1 saturated heterocycles. The summed E-state index contributed by atoms with van der Waals surface area (Å²) in [5.74, 6) is -0.744. The van der Waals surface area contributed by atoms with Crippen LogP contribution in [0.25, 0.3) is 0 Å². The van der Waals surface area contributed by atoms with Gasteiger partial charge in [-0.25, -0.2) is 0 Å². The van der Waals surface area contributed by atoms with E-state index in [1.165, 1.54) is 0 Å². The van der Waals surface area contributed by atoms with Crippen LogP contribution in [0, 0.1) is 5.92 Å². The maximum absolute atomic E-state index is 11.9. The molecule has 1 unspecified atom stereocenters. The van der Waals surface area contributed by atoms with Gasteiger partial charge in [-0.2, -0.15) is 0 Å². The molecule has 0 radical (unpaired) electrons. The third kappa shape index (κ3) is 2.92. The van der Waals surface area contributed by atoms with Crippen molar-refractivity contribution in [2.45, 2.75) is 26.3 Å². The van der Waals surface area contributed by atoms with Crippen LogP contribution < -0.4 is 5.32 Å². The first kappa shape index (κ1) is 12.0. The zero-order valence-electron chi connectivity index (χ0n) is 9.19. The van der Waals surface area contributed by atoms with Crippen molar-refractivity contribution in [3.63, 3.8) is 0 Å². The van der Waals surface area contributed by atoms with Gasteiger partial charge in [0.25, 0.3) is 0 Å². The van der Waals surface area contributed by atoms with Crippen LogP contribution in [0.2, 0.25) is 0 Å². The standard InChI is InChI=1S/C10H18N2O3/c1-3-12(7(2)4-9(13)14)10(15)8-5-11-6-8/h7-8,11H,3-6H2,1-2H3,(H,13,14). The Morgan fingerprint density at radius 2 is 2.13 bits per heavy atom. The summed E-state index contributed by atoms with van der Waals surface area (Å²) in [6.45, 7) is 5.66. The summed E-state index contributed by atoms with van der Waals surface area (Å²) in [7, 11) is 0. The van der Waals surface area contributed by atoms with Crippen LogP contribution in [0.15, 0.2) is 0 Å². The van der Waals surface area contributed by atoms with Crippen LogP contribution >= 0.6 is 0 Å². The number of amides is 1. The Kier molecular flexibility index (Phi) is 4.08. The van der Waals surface area contributed by atoms with E-state index in [9.17, 15) is 9.59 Å². The third-order valence-corrected chi connectivity index (χ3v) is 2.76. The van der Waals surface area contributed by atoms with Gasteiger partial charge in [0.2, 0.25) is 5.91 Å². The number of nitrogens with one attached hydrogen (secondary N) is 1. The monoisotopic (exact) mass is 214 g/mol. The molecule has 1 aliphatic heterocycles. The molecule has 5 nitrogen and oxygen atoms in total. The predicted octanol–water partition coefficient (Wildman–Crippen LogP) is -0.0825. The number of aliphatic carboxylic acids is 1. The fourth-order valence-electron chi connectivity index (χ4n) is 1.75. The number of carboxylic acid groups (broad SMARTS) is 1. The molecular formula is C10H18N2O3. The molecule has 0 bridgehead atoms. The minimum Gasteiger partial charge on any atom is -0.481 e. The highest BCUT2D eigenvalue weighted by Gasteiger charge is 2.31. The van der Waals surface area contributed by atoms with Crippen LogP contribution in [0.5, 0.6) is 0 Å². The van der Waals surface area contributed by atoms with Crippen LogP contribution in [-0.4, -0.2) is 47.6 Å². The van der Waals surface area contributed by atoms with Crippen LogP contribution in [0.1, 0.15) is 20.3 Å². The van der Waals surface area contributed by atoms with E-state index in [4.69, 9.17) is 5.11 Å². The third-order valence-electron chi connectivity index (χ3n) is 2.76. The second-order valence-corrected chi connectivity index (χ2v) is 3.93. The van der Waals surface area contributed by atoms with E-state index < -0.39 is 5.97 Å². The number of nitrogens with zero attached hydrogens (tertiary/aromatic N) is 1. The summed E-state index contributed by atoms with van der Waals surface area (Å²) in [5, 5.41) is 11.7. The van der Waals surface area contributed by atoms with Crippen molar-refractivity contribution in [3.8, 4) is 0 Å². The van der Waals surface area contributed by atoms with Crippen molar-refractivity contribution in [1.82, 2.24) is 10.2 Å². The van der Waals surface area contributed by atoms with Crippen molar-refractivity contribution < 1.29 is 14.7 Å². The quantitative estimate of drug-likeness (QED) is 0.671. The lowest BCUT2D eigenvalue weighted by Crippen LogP contribution is -2.54. The molecule has 5 heteroatoms. The molecule has 0 saturated carbocycles. The number of carboxylic acids is 1. The highest BCUT2D eigenvalue weighted by molar-refractivity contribution is 5.81. The van der Waals surface area contributed by atoms with Gasteiger partial charge in [0.15, 0.2) is 0 Å². The smallest absolute Gasteiger partial charge is 0.305 e. The molecule has 1 amide bonds. The zero-order chi connectivity index (χ0) is 11.4. The number of carbonyl (C=O) groups is 2. The van der Waals surface area contributed by atoms with Gasteiger partial charge in [-0.15, -0.1) is 0 Å². The summed E-state index contributed by atoms with van der Waals surface area (Å²) >= 11 is 0. The molecule has 0 aromatic rings. The average molecular weight is 214 g/mol. The van der Waals surface area contributed by atoms with E-state index in [1.807, 2.05) is 6.92 Å². The minimum atomic E-state index is -0.861. The Morgan fingerprint density at radius 1 is 1.53 bits per heavy atom. The summed E-state index contributed by atoms with van der Waals surface area (Å²) in [6.07, 6.45) is 0.0136. The van der Waals surface area contributed by atoms with Gasteiger partial charge in [0, 0.05) is 25.7 Å². The number of hydrogen-bond donors (Lipinski definition) is 2. The van der Waals surface area contributed by atoms with Crippen molar-refractivity contribution in [1.29, 1.82) is 0 Å². The second-order valence-electron chi connectivity index (χ2n) is 3.93. The minimum absolute atomic E-state index is 0.0136. The molecule has 0 aromatic heterocycles. The molecule has 0 aliphatic carbocycles. The van der Waals surface area contributed by atoms with Crippen molar-refractivity contribution in [2.24, 2.45) is 5.92 Å². The largest absolute Gasteiger partial charge is 0.481 e. The molecule has 2 N–H and O–H groups in total. The van der Waals surface area contributed by atoms with Gasteiger partial charge in [0.05, 0.1) is 12.3 Å². The number of rotatable bonds is 5. The average Bonchev–Trinajstić information content (AvgIpc) is 1.99. The molecule has 0 aromatic carbocycles. The van der Waals surface area contributed by atoms with Gasteiger partial charge in [-0.1, -0.05) is 0 Å². The molecule has 86 valence electrons. The molecule has 1 aliphatic rings. The predicted molar refractivity (Wildman–Crippen MR) is 55.5 cm³/mol. The van der Waals surface area contributed by atoms with E-state index in [1.54, 1.807) is 11.8 Å². The molecule has 1 fully saturated rings. The SMILES string of the molecule is CCN(C(=O)C1CNC1)C(C)CC(=O)O. The lowest BCUT2D eigenvalue weighted by Gasteiger charge is -2.34. The highest BCUT2D eigenvalue weighted by atomic mass is 16.4. The van der Waals surface area contributed by atoms with Crippen LogP contribution in [-0.2, 0) is 9.59 Å². The highest BCUT2D eigenvalue weighted by Crippen LogP contribution is 2.12. The maximum Gasteiger partial charge on any atom is 0.305 e. The van der Waals surface area contributed by atoms with E-state index in [0.29, 0.717) is 6.54 Å². The lowest BCUT2D eigenvalue weighted by atomic mass is 10.0. The summed E-state index contributed by atoms with van der Waals surface area (Å²) in [5.41, 5.74) is 0. The lowest BCUT2D eigenvalue weighted by molar-refractivity contribution is -0.142. The first-order valence-corrected chi connectivity index (χ1v) is 5.29. The van der Waals surface area contributed by atoms with Gasteiger partial charge >= 0.3 is 5.97 Å². The molecule has 15 heavy (non-hydrogen) atoms. The molecule has 1 heterocycles. The fraction of sp³-hybridized carbons (Fsp3) is 0.800.